The average molecular weight is 259 g/mol. The smallest absolute Gasteiger partial charge is 0.130 e. The van der Waals surface area contributed by atoms with Crippen molar-refractivity contribution < 1.29 is 4.74 Å². The van der Waals surface area contributed by atoms with E-state index in [9.17, 15) is 0 Å². The van der Waals surface area contributed by atoms with Gasteiger partial charge in [0.15, 0.2) is 0 Å². The molecule has 0 aliphatic rings. The SMILES string of the molecule is C#Cc1ccc(Oc2ccccc2CC=C)cc1C#N. The first-order valence-corrected chi connectivity index (χ1v) is 6.16. The molecule has 0 fully saturated rings. The van der Waals surface area contributed by atoms with Crippen LogP contribution in [0.4, 0.5) is 0 Å². The molecule has 0 aliphatic carbocycles. The molecule has 2 aromatic carbocycles. The predicted molar refractivity (Wildman–Crippen MR) is 79.5 cm³/mol. The van der Waals surface area contributed by atoms with E-state index in [2.05, 4.69) is 18.6 Å². The molecule has 2 nitrogen and oxygen atoms in total. The van der Waals surface area contributed by atoms with Gasteiger partial charge < -0.3 is 4.74 Å². The van der Waals surface area contributed by atoms with Gasteiger partial charge in [0.25, 0.3) is 0 Å². The number of benzene rings is 2. The summed E-state index contributed by atoms with van der Waals surface area (Å²) in [6, 6.07) is 14.9. The van der Waals surface area contributed by atoms with Crippen molar-refractivity contribution >= 4 is 0 Å². The van der Waals surface area contributed by atoms with Gasteiger partial charge in [0.1, 0.15) is 17.6 Å². The zero-order valence-corrected chi connectivity index (χ0v) is 11.0. The maximum absolute atomic E-state index is 9.06. The van der Waals surface area contributed by atoms with E-state index >= 15 is 0 Å². The fraction of sp³-hybridized carbons (Fsp3) is 0.0556. The summed E-state index contributed by atoms with van der Waals surface area (Å²) in [4.78, 5) is 0. The first kappa shape index (κ1) is 13.5. The first-order valence-electron chi connectivity index (χ1n) is 6.16. The Morgan fingerprint density at radius 2 is 2.00 bits per heavy atom. The Hall–Kier alpha value is -2.97. The molecule has 0 saturated carbocycles. The second kappa shape index (κ2) is 6.27. The van der Waals surface area contributed by atoms with Crippen LogP contribution in [0.15, 0.2) is 55.1 Å². The molecule has 0 heterocycles. The summed E-state index contributed by atoms with van der Waals surface area (Å²) < 4.78 is 5.84. The lowest BCUT2D eigenvalue weighted by Gasteiger charge is -2.10. The molecule has 0 spiro atoms. The van der Waals surface area contributed by atoms with Gasteiger partial charge in [0.2, 0.25) is 0 Å². The third-order valence-corrected chi connectivity index (χ3v) is 2.83. The monoisotopic (exact) mass is 259 g/mol. The lowest BCUT2D eigenvalue weighted by Crippen LogP contribution is -1.92. The van der Waals surface area contributed by atoms with Gasteiger partial charge in [-0.15, -0.1) is 13.0 Å². The summed E-state index contributed by atoms with van der Waals surface area (Å²) in [6.45, 7) is 3.73. The Morgan fingerprint density at radius 1 is 1.20 bits per heavy atom. The maximum atomic E-state index is 9.06. The Morgan fingerprint density at radius 3 is 2.70 bits per heavy atom. The van der Waals surface area contributed by atoms with Gasteiger partial charge >= 0.3 is 0 Å². The van der Waals surface area contributed by atoms with Gasteiger partial charge in [-0.1, -0.05) is 30.2 Å². The van der Waals surface area contributed by atoms with Crippen LogP contribution in [0.1, 0.15) is 16.7 Å². The minimum Gasteiger partial charge on any atom is -0.457 e. The van der Waals surface area contributed by atoms with Crippen molar-refractivity contribution in [3.8, 4) is 29.9 Å². The molecule has 20 heavy (non-hydrogen) atoms. The minimum absolute atomic E-state index is 0.436. The van der Waals surface area contributed by atoms with Gasteiger partial charge in [-0.05, 0) is 36.2 Å². The summed E-state index contributed by atoms with van der Waals surface area (Å²) in [5, 5.41) is 9.06. The van der Waals surface area contributed by atoms with Crippen LogP contribution in [-0.2, 0) is 6.42 Å². The zero-order valence-electron chi connectivity index (χ0n) is 11.0. The standard InChI is InChI=1S/C18H13NO/c1-3-7-15-8-5-6-9-18(15)20-17-11-10-14(4-2)16(12-17)13-19/h2-3,5-6,8-12H,1,7H2. The molecular formula is C18H13NO. The minimum atomic E-state index is 0.436. The van der Waals surface area contributed by atoms with E-state index in [-0.39, 0.29) is 0 Å². The number of para-hydroxylation sites is 1. The highest BCUT2D eigenvalue weighted by molar-refractivity contribution is 5.51. The molecule has 96 valence electrons. The van der Waals surface area contributed by atoms with E-state index < -0.39 is 0 Å². The summed E-state index contributed by atoms with van der Waals surface area (Å²) in [5.74, 6) is 3.83. The number of nitriles is 1. The lowest BCUT2D eigenvalue weighted by molar-refractivity contribution is 0.477. The van der Waals surface area contributed by atoms with Gasteiger partial charge in [-0.2, -0.15) is 5.26 Å². The maximum Gasteiger partial charge on any atom is 0.130 e. The number of hydrogen-bond donors (Lipinski definition) is 0. The van der Waals surface area contributed by atoms with Gasteiger partial charge in [-0.3, -0.25) is 0 Å². The Balaban J connectivity index is 2.34. The summed E-state index contributed by atoms with van der Waals surface area (Å²) in [7, 11) is 0. The van der Waals surface area contributed by atoms with Crippen LogP contribution >= 0.6 is 0 Å². The van der Waals surface area contributed by atoms with Crippen molar-refractivity contribution in [2.75, 3.05) is 0 Å². The molecule has 0 aromatic heterocycles. The molecule has 0 N–H and O–H groups in total. The third-order valence-electron chi connectivity index (χ3n) is 2.83. The molecule has 0 amide bonds. The molecular weight excluding hydrogens is 246 g/mol. The van der Waals surface area contributed by atoms with Crippen LogP contribution < -0.4 is 4.74 Å². The molecule has 2 rings (SSSR count). The topological polar surface area (TPSA) is 33.0 Å². The third kappa shape index (κ3) is 2.88. The Bertz CT molecular complexity index is 717. The average Bonchev–Trinajstić information content (AvgIpc) is 2.49. The highest BCUT2D eigenvalue weighted by Gasteiger charge is 2.06. The van der Waals surface area contributed by atoms with Crippen LogP contribution in [-0.4, -0.2) is 0 Å². The van der Waals surface area contributed by atoms with E-state index in [0.29, 0.717) is 16.9 Å². The quantitative estimate of drug-likeness (QED) is 0.612. The number of hydrogen-bond acceptors (Lipinski definition) is 2. The fourth-order valence-electron chi connectivity index (χ4n) is 1.86. The predicted octanol–water partition coefficient (Wildman–Crippen LogP) is 4.06. The summed E-state index contributed by atoms with van der Waals surface area (Å²) >= 11 is 0. The highest BCUT2D eigenvalue weighted by atomic mass is 16.5. The largest absolute Gasteiger partial charge is 0.457 e. The molecule has 0 unspecified atom stereocenters. The van der Waals surface area contributed by atoms with E-state index in [4.69, 9.17) is 16.4 Å². The molecule has 0 radical (unpaired) electrons. The second-order valence-electron chi connectivity index (χ2n) is 4.17. The molecule has 0 aliphatic heterocycles. The van der Waals surface area contributed by atoms with Crippen molar-refractivity contribution in [3.63, 3.8) is 0 Å². The van der Waals surface area contributed by atoms with Crippen LogP contribution in [0.2, 0.25) is 0 Å². The zero-order chi connectivity index (χ0) is 14.4. The number of rotatable bonds is 4. The first-order chi connectivity index (χ1) is 9.78. The molecule has 2 heteroatoms. The summed E-state index contributed by atoms with van der Waals surface area (Å²) in [5.41, 5.74) is 2.05. The Labute approximate surface area is 118 Å². The van der Waals surface area contributed by atoms with Crippen molar-refractivity contribution in [3.05, 3.63) is 71.8 Å². The van der Waals surface area contributed by atoms with E-state index in [1.54, 1.807) is 18.2 Å². The van der Waals surface area contributed by atoms with Crippen molar-refractivity contribution in [2.24, 2.45) is 0 Å². The lowest BCUT2D eigenvalue weighted by atomic mass is 10.1. The van der Waals surface area contributed by atoms with Crippen molar-refractivity contribution in [1.29, 1.82) is 5.26 Å². The molecule has 0 atom stereocenters. The second-order valence-corrected chi connectivity index (χ2v) is 4.17. The van der Waals surface area contributed by atoms with Crippen molar-refractivity contribution in [1.82, 2.24) is 0 Å². The molecule has 0 saturated heterocycles. The van der Waals surface area contributed by atoms with Crippen LogP contribution in [0.5, 0.6) is 11.5 Å². The normalized spacial score (nSPS) is 9.30. The van der Waals surface area contributed by atoms with E-state index in [1.807, 2.05) is 30.3 Å². The van der Waals surface area contributed by atoms with Crippen LogP contribution in [0, 0.1) is 23.7 Å². The van der Waals surface area contributed by atoms with Gasteiger partial charge in [-0.25, -0.2) is 0 Å². The van der Waals surface area contributed by atoms with E-state index in [0.717, 1.165) is 17.7 Å². The van der Waals surface area contributed by atoms with E-state index in [1.165, 1.54) is 0 Å². The summed E-state index contributed by atoms with van der Waals surface area (Å²) in [6.07, 6.45) is 7.89. The van der Waals surface area contributed by atoms with Crippen LogP contribution in [0.3, 0.4) is 0 Å². The number of nitrogens with zero attached hydrogens (tertiary/aromatic N) is 1. The Kier molecular flexibility index (Phi) is 4.22. The fourth-order valence-corrected chi connectivity index (χ4v) is 1.86. The van der Waals surface area contributed by atoms with Crippen LogP contribution in [0.25, 0.3) is 0 Å². The number of terminal acetylenes is 1. The highest BCUT2D eigenvalue weighted by Crippen LogP contribution is 2.27. The number of allylic oxidation sites excluding steroid dienone is 1. The van der Waals surface area contributed by atoms with Gasteiger partial charge in [0.05, 0.1) is 5.56 Å². The molecule has 0 bridgehead atoms. The molecule has 2 aromatic rings. The van der Waals surface area contributed by atoms with Gasteiger partial charge in [0, 0.05) is 5.56 Å². The van der Waals surface area contributed by atoms with Crippen molar-refractivity contribution in [2.45, 2.75) is 6.42 Å². The number of ether oxygens (including phenoxy) is 1.